The predicted molar refractivity (Wildman–Crippen MR) is 127 cm³/mol. The van der Waals surface area contributed by atoms with Crippen LogP contribution in [0.5, 0.6) is 5.75 Å². The van der Waals surface area contributed by atoms with E-state index in [0.29, 0.717) is 23.6 Å². The average molecular weight is 510 g/mol. The zero-order valence-corrected chi connectivity index (χ0v) is 19.5. The summed E-state index contributed by atoms with van der Waals surface area (Å²) in [7, 11) is 2.81. The number of esters is 1. The fourth-order valence-electron chi connectivity index (χ4n) is 3.43. The van der Waals surface area contributed by atoms with Crippen molar-refractivity contribution in [3.63, 3.8) is 0 Å². The number of benzene rings is 2. The summed E-state index contributed by atoms with van der Waals surface area (Å²) in [5.74, 6) is 0.293. The molecule has 0 saturated heterocycles. The molecular weight excluding hydrogens is 490 g/mol. The first-order valence-electron chi connectivity index (χ1n) is 9.92. The van der Waals surface area contributed by atoms with Crippen molar-refractivity contribution in [1.29, 1.82) is 0 Å². The highest BCUT2D eigenvalue weighted by Gasteiger charge is 2.14. The SMILES string of the molecule is COC(=O)c1ccc(Cn2cc(/C=N\NC(=O)c3cc(Br)ccc3OC)c3ccccc32)o1. The van der Waals surface area contributed by atoms with Gasteiger partial charge in [-0.3, -0.25) is 4.79 Å². The third-order valence-corrected chi connectivity index (χ3v) is 5.46. The Morgan fingerprint density at radius 2 is 1.97 bits per heavy atom. The highest BCUT2D eigenvalue weighted by molar-refractivity contribution is 9.10. The molecule has 0 unspecified atom stereocenters. The van der Waals surface area contributed by atoms with E-state index in [9.17, 15) is 9.59 Å². The number of carbonyl (C=O) groups is 2. The molecule has 0 fully saturated rings. The molecule has 1 amide bonds. The van der Waals surface area contributed by atoms with Crippen LogP contribution in [0, 0.1) is 0 Å². The summed E-state index contributed by atoms with van der Waals surface area (Å²) in [6.45, 7) is 0.410. The third-order valence-electron chi connectivity index (χ3n) is 4.97. The number of nitrogens with one attached hydrogen (secondary N) is 1. The van der Waals surface area contributed by atoms with E-state index in [1.54, 1.807) is 36.5 Å². The molecule has 4 rings (SSSR count). The Labute approximate surface area is 197 Å². The first kappa shape index (κ1) is 22.3. The van der Waals surface area contributed by atoms with Crippen LogP contribution in [0.3, 0.4) is 0 Å². The van der Waals surface area contributed by atoms with Crippen molar-refractivity contribution in [3.05, 3.63) is 87.9 Å². The van der Waals surface area contributed by atoms with Gasteiger partial charge in [0.2, 0.25) is 5.76 Å². The molecule has 4 aromatic rings. The second kappa shape index (κ2) is 9.74. The molecule has 168 valence electrons. The molecule has 0 aliphatic rings. The van der Waals surface area contributed by atoms with Crippen LogP contribution in [0.2, 0.25) is 0 Å². The molecule has 0 saturated carbocycles. The van der Waals surface area contributed by atoms with Crippen LogP contribution in [0.25, 0.3) is 10.9 Å². The quantitative estimate of drug-likeness (QED) is 0.223. The number of carbonyl (C=O) groups excluding carboxylic acids is 2. The molecule has 0 bridgehead atoms. The molecule has 2 aromatic carbocycles. The lowest BCUT2D eigenvalue weighted by Crippen LogP contribution is -2.18. The van der Waals surface area contributed by atoms with Crippen LogP contribution in [-0.4, -0.2) is 36.9 Å². The number of hydrazone groups is 1. The number of rotatable bonds is 7. The van der Waals surface area contributed by atoms with Crippen molar-refractivity contribution in [1.82, 2.24) is 9.99 Å². The van der Waals surface area contributed by atoms with Gasteiger partial charge in [0.05, 0.1) is 32.5 Å². The molecule has 0 spiro atoms. The van der Waals surface area contributed by atoms with Gasteiger partial charge in [0, 0.05) is 27.1 Å². The van der Waals surface area contributed by atoms with Crippen LogP contribution in [0.15, 0.2) is 74.8 Å². The lowest BCUT2D eigenvalue weighted by Gasteiger charge is -2.07. The zero-order chi connectivity index (χ0) is 23.4. The second-order valence-electron chi connectivity index (χ2n) is 7.03. The minimum Gasteiger partial charge on any atom is -0.496 e. The van der Waals surface area contributed by atoms with Crippen molar-refractivity contribution in [2.24, 2.45) is 5.10 Å². The minimum atomic E-state index is -0.524. The van der Waals surface area contributed by atoms with Crippen molar-refractivity contribution >= 4 is 44.9 Å². The van der Waals surface area contributed by atoms with E-state index in [1.807, 2.05) is 35.0 Å². The van der Waals surface area contributed by atoms with Crippen LogP contribution in [-0.2, 0) is 11.3 Å². The van der Waals surface area contributed by atoms with Crippen LogP contribution >= 0.6 is 15.9 Å². The number of nitrogens with zero attached hydrogens (tertiary/aromatic N) is 2. The molecule has 33 heavy (non-hydrogen) atoms. The van der Waals surface area contributed by atoms with Gasteiger partial charge in [-0.1, -0.05) is 34.1 Å². The topological polar surface area (TPSA) is 95.1 Å². The van der Waals surface area contributed by atoms with Gasteiger partial charge in [0.25, 0.3) is 5.91 Å². The Kier molecular flexibility index (Phi) is 6.60. The lowest BCUT2D eigenvalue weighted by molar-refractivity contribution is 0.0562. The number of methoxy groups -OCH3 is 2. The minimum absolute atomic E-state index is 0.149. The summed E-state index contributed by atoms with van der Waals surface area (Å²) >= 11 is 3.36. The largest absolute Gasteiger partial charge is 0.496 e. The highest BCUT2D eigenvalue weighted by atomic mass is 79.9. The smallest absolute Gasteiger partial charge is 0.373 e. The predicted octanol–water partition coefficient (Wildman–Crippen LogP) is 4.60. The standard InChI is InChI=1S/C24H20BrN3O5/c1-31-21-9-7-16(25)11-19(21)23(29)27-26-12-15-13-28(20-6-4-3-5-18(15)20)14-17-8-10-22(33-17)24(30)32-2/h3-13H,14H2,1-2H3,(H,27,29)/b26-12-. The van der Waals surface area contributed by atoms with E-state index in [2.05, 4.69) is 31.2 Å². The van der Waals surface area contributed by atoms with Gasteiger partial charge in [0.15, 0.2) is 0 Å². The van der Waals surface area contributed by atoms with E-state index in [-0.39, 0.29) is 11.7 Å². The number of hydrogen-bond acceptors (Lipinski definition) is 6. The fourth-order valence-corrected chi connectivity index (χ4v) is 3.79. The molecule has 2 aromatic heterocycles. The van der Waals surface area contributed by atoms with E-state index in [4.69, 9.17) is 9.15 Å². The monoisotopic (exact) mass is 509 g/mol. The molecule has 1 N–H and O–H groups in total. The number of halogens is 1. The number of aromatic nitrogens is 1. The number of para-hydroxylation sites is 1. The summed E-state index contributed by atoms with van der Waals surface area (Å²) in [5, 5.41) is 5.09. The van der Waals surface area contributed by atoms with Gasteiger partial charge < -0.3 is 18.5 Å². The normalized spacial score (nSPS) is 11.1. The Balaban J connectivity index is 1.56. The van der Waals surface area contributed by atoms with Gasteiger partial charge in [-0.25, -0.2) is 10.2 Å². The molecular formula is C24H20BrN3O5. The molecule has 0 atom stereocenters. The number of furan rings is 1. The number of fused-ring (bicyclic) bond motifs is 1. The molecule has 0 aliphatic carbocycles. The lowest BCUT2D eigenvalue weighted by atomic mass is 10.2. The fraction of sp³-hybridized carbons (Fsp3) is 0.125. The summed E-state index contributed by atoms with van der Waals surface area (Å²) < 4.78 is 18.3. The molecule has 0 aliphatic heterocycles. The Morgan fingerprint density at radius 1 is 1.15 bits per heavy atom. The van der Waals surface area contributed by atoms with Crippen molar-refractivity contribution in [2.75, 3.05) is 14.2 Å². The number of amides is 1. The summed E-state index contributed by atoms with van der Waals surface area (Å²) in [4.78, 5) is 24.2. The Morgan fingerprint density at radius 3 is 2.76 bits per heavy atom. The maximum atomic E-state index is 12.6. The first-order chi connectivity index (χ1) is 16.0. The van der Waals surface area contributed by atoms with Gasteiger partial charge in [-0.05, 0) is 36.4 Å². The number of ether oxygens (including phenoxy) is 2. The zero-order valence-electron chi connectivity index (χ0n) is 17.9. The first-order valence-corrected chi connectivity index (χ1v) is 10.7. The van der Waals surface area contributed by atoms with Crippen LogP contribution in [0.1, 0.15) is 32.2 Å². The Hall–Kier alpha value is -3.85. The number of hydrogen-bond donors (Lipinski definition) is 1. The van der Waals surface area contributed by atoms with E-state index in [1.165, 1.54) is 14.2 Å². The second-order valence-corrected chi connectivity index (χ2v) is 7.95. The van der Waals surface area contributed by atoms with Gasteiger partial charge in [0.1, 0.15) is 11.5 Å². The van der Waals surface area contributed by atoms with E-state index >= 15 is 0 Å². The van der Waals surface area contributed by atoms with E-state index in [0.717, 1.165) is 20.9 Å². The maximum absolute atomic E-state index is 12.6. The molecule has 2 heterocycles. The third kappa shape index (κ3) is 4.83. The van der Waals surface area contributed by atoms with Crippen LogP contribution in [0.4, 0.5) is 0 Å². The summed E-state index contributed by atoms with van der Waals surface area (Å²) in [6, 6.07) is 16.3. The average Bonchev–Trinajstić information content (AvgIpc) is 3.44. The summed E-state index contributed by atoms with van der Waals surface area (Å²) in [6.07, 6.45) is 3.49. The maximum Gasteiger partial charge on any atom is 0.373 e. The highest BCUT2D eigenvalue weighted by Crippen LogP contribution is 2.24. The van der Waals surface area contributed by atoms with Crippen molar-refractivity contribution < 1.29 is 23.5 Å². The molecule has 8 nitrogen and oxygen atoms in total. The molecule has 0 radical (unpaired) electrons. The van der Waals surface area contributed by atoms with Gasteiger partial charge in [-0.15, -0.1) is 0 Å². The van der Waals surface area contributed by atoms with Crippen molar-refractivity contribution in [2.45, 2.75) is 6.54 Å². The van der Waals surface area contributed by atoms with Gasteiger partial charge >= 0.3 is 5.97 Å². The van der Waals surface area contributed by atoms with Crippen molar-refractivity contribution in [3.8, 4) is 5.75 Å². The van der Waals surface area contributed by atoms with Crippen LogP contribution < -0.4 is 10.2 Å². The Bertz CT molecular complexity index is 1360. The summed E-state index contributed by atoms with van der Waals surface area (Å²) in [5.41, 5.74) is 4.68. The van der Waals surface area contributed by atoms with Gasteiger partial charge in [-0.2, -0.15) is 5.10 Å². The van der Waals surface area contributed by atoms with E-state index < -0.39 is 5.97 Å². The molecule has 9 heteroatoms.